The Hall–Kier alpha value is -1.75. The van der Waals surface area contributed by atoms with E-state index in [1.54, 1.807) is 6.07 Å². The SMILES string of the molecule is CC(=O)S/C(=C/c1ccc(O)c(O)c1)C(C)=O. The van der Waals surface area contributed by atoms with Crippen LogP contribution in [0.3, 0.4) is 0 Å². The quantitative estimate of drug-likeness (QED) is 0.637. The lowest BCUT2D eigenvalue weighted by molar-refractivity contribution is -0.113. The zero-order chi connectivity index (χ0) is 13.0. The molecule has 0 heterocycles. The molecular formula is C12H12O4S. The van der Waals surface area contributed by atoms with Gasteiger partial charge in [0.15, 0.2) is 22.4 Å². The first-order valence-corrected chi connectivity index (χ1v) is 5.65. The molecule has 0 radical (unpaired) electrons. The highest BCUT2D eigenvalue weighted by molar-refractivity contribution is 8.17. The highest BCUT2D eigenvalue weighted by Gasteiger charge is 2.08. The molecule has 0 atom stereocenters. The maximum atomic E-state index is 11.3. The van der Waals surface area contributed by atoms with Crippen LogP contribution in [0.4, 0.5) is 0 Å². The summed E-state index contributed by atoms with van der Waals surface area (Å²) in [7, 11) is 0. The predicted molar refractivity (Wildman–Crippen MR) is 66.7 cm³/mol. The normalized spacial score (nSPS) is 11.3. The van der Waals surface area contributed by atoms with Crippen LogP contribution in [0.5, 0.6) is 11.5 Å². The van der Waals surface area contributed by atoms with Crippen LogP contribution >= 0.6 is 11.8 Å². The largest absolute Gasteiger partial charge is 0.504 e. The van der Waals surface area contributed by atoms with Gasteiger partial charge in [-0.1, -0.05) is 6.07 Å². The number of rotatable bonds is 3. The van der Waals surface area contributed by atoms with Crippen LogP contribution in [0.2, 0.25) is 0 Å². The molecule has 0 amide bonds. The molecule has 0 aromatic heterocycles. The average molecular weight is 252 g/mol. The fourth-order valence-corrected chi connectivity index (χ4v) is 1.79. The van der Waals surface area contributed by atoms with E-state index in [4.69, 9.17) is 5.11 Å². The second-order valence-corrected chi connectivity index (χ2v) is 4.63. The van der Waals surface area contributed by atoms with Crippen molar-refractivity contribution >= 4 is 28.7 Å². The molecule has 2 N–H and O–H groups in total. The molecule has 0 aliphatic carbocycles. The highest BCUT2D eigenvalue weighted by Crippen LogP contribution is 2.28. The number of aromatic hydroxyl groups is 2. The second kappa shape index (κ2) is 5.54. The summed E-state index contributed by atoms with van der Waals surface area (Å²) in [5.74, 6) is -0.724. The number of allylic oxidation sites excluding steroid dienone is 1. The lowest BCUT2D eigenvalue weighted by Gasteiger charge is -2.02. The predicted octanol–water partition coefficient (Wildman–Crippen LogP) is 2.31. The van der Waals surface area contributed by atoms with Gasteiger partial charge in [0.1, 0.15) is 0 Å². The Labute approximate surface area is 103 Å². The van der Waals surface area contributed by atoms with Crippen LogP contribution in [0, 0.1) is 0 Å². The summed E-state index contributed by atoms with van der Waals surface area (Å²) in [4.78, 5) is 22.5. The van der Waals surface area contributed by atoms with E-state index < -0.39 is 0 Å². The van der Waals surface area contributed by atoms with Crippen molar-refractivity contribution in [1.82, 2.24) is 0 Å². The fraction of sp³-hybridized carbons (Fsp3) is 0.167. The number of carbonyl (C=O) groups is 2. The molecule has 90 valence electrons. The van der Waals surface area contributed by atoms with Gasteiger partial charge in [0.05, 0.1) is 4.91 Å². The van der Waals surface area contributed by atoms with Gasteiger partial charge >= 0.3 is 0 Å². The summed E-state index contributed by atoms with van der Waals surface area (Å²) in [5.41, 5.74) is 0.541. The molecule has 17 heavy (non-hydrogen) atoms. The van der Waals surface area contributed by atoms with E-state index in [-0.39, 0.29) is 22.4 Å². The Morgan fingerprint density at radius 2 is 1.82 bits per heavy atom. The Balaban J connectivity index is 3.08. The van der Waals surface area contributed by atoms with Crippen LogP contribution < -0.4 is 0 Å². The zero-order valence-corrected chi connectivity index (χ0v) is 10.2. The molecule has 0 spiro atoms. The number of phenols is 2. The molecule has 1 rings (SSSR count). The van der Waals surface area contributed by atoms with Crippen LogP contribution in [-0.4, -0.2) is 21.1 Å². The van der Waals surface area contributed by atoms with Crippen molar-refractivity contribution < 1.29 is 19.8 Å². The van der Waals surface area contributed by atoms with Crippen molar-refractivity contribution in [3.05, 3.63) is 28.7 Å². The molecule has 1 aromatic rings. The van der Waals surface area contributed by atoms with Crippen molar-refractivity contribution in [2.75, 3.05) is 0 Å². The summed E-state index contributed by atoms with van der Waals surface area (Å²) in [6.45, 7) is 2.73. The third kappa shape index (κ3) is 3.96. The molecule has 4 nitrogen and oxygen atoms in total. The Morgan fingerprint density at radius 1 is 1.18 bits per heavy atom. The molecule has 0 unspecified atom stereocenters. The maximum absolute atomic E-state index is 11.3. The molecule has 0 saturated carbocycles. The van der Waals surface area contributed by atoms with E-state index in [2.05, 4.69) is 0 Å². The van der Waals surface area contributed by atoms with E-state index in [9.17, 15) is 14.7 Å². The van der Waals surface area contributed by atoms with Crippen molar-refractivity contribution in [2.45, 2.75) is 13.8 Å². The van der Waals surface area contributed by atoms with Gasteiger partial charge in [-0.2, -0.15) is 0 Å². The van der Waals surface area contributed by atoms with Gasteiger partial charge < -0.3 is 10.2 Å². The summed E-state index contributed by atoms with van der Waals surface area (Å²) in [6.07, 6.45) is 1.49. The number of hydrogen-bond acceptors (Lipinski definition) is 5. The second-order valence-electron chi connectivity index (χ2n) is 3.41. The number of carbonyl (C=O) groups excluding carboxylic acids is 2. The number of hydrogen-bond donors (Lipinski definition) is 2. The number of Topliss-reactive ketones (excluding diaryl/α,β-unsaturated/α-hetero) is 1. The van der Waals surface area contributed by atoms with Gasteiger partial charge in [0, 0.05) is 6.92 Å². The average Bonchev–Trinajstić information content (AvgIpc) is 2.21. The monoisotopic (exact) mass is 252 g/mol. The van der Waals surface area contributed by atoms with Gasteiger partial charge in [-0.25, -0.2) is 0 Å². The lowest BCUT2D eigenvalue weighted by atomic mass is 10.2. The molecule has 0 saturated heterocycles. The van der Waals surface area contributed by atoms with E-state index in [1.165, 1.54) is 32.1 Å². The van der Waals surface area contributed by atoms with Gasteiger partial charge in [-0.05, 0) is 42.5 Å². The third-order valence-corrected chi connectivity index (χ3v) is 2.81. The van der Waals surface area contributed by atoms with Crippen LogP contribution in [0.15, 0.2) is 23.1 Å². The van der Waals surface area contributed by atoms with Crippen LogP contribution in [0.1, 0.15) is 19.4 Å². The maximum Gasteiger partial charge on any atom is 0.190 e. The minimum atomic E-state index is -0.269. The van der Waals surface area contributed by atoms with E-state index in [1.807, 2.05) is 0 Å². The highest BCUT2D eigenvalue weighted by atomic mass is 32.2. The van der Waals surface area contributed by atoms with Crippen LogP contribution in [-0.2, 0) is 9.59 Å². The first-order chi connectivity index (χ1) is 7.90. The Morgan fingerprint density at radius 3 is 2.29 bits per heavy atom. The van der Waals surface area contributed by atoms with Crippen molar-refractivity contribution in [1.29, 1.82) is 0 Å². The Kier molecular flexibility index (Phi) is 4.34. The van der Waals surface area contributed by atoms with E-state index in [0.29, 0.717) is 10.5 Å². The summed E-state index contributed by atoms with van der Waals surface area (Å²) in [6, 6.07) is 4.18. The first kappa shape index (κ1) is 13.3. The lowest BCUT2D eigenvalue weighted by Crippen LogP contribution is -1.95. The minimum Gasteiger partial charge on any atom is -0.504 e. The van der Waals surface area contributed by atoms with Gasteiger partial charge in [0.25, 0.3) is 0 Å². The number of thioether (sulfide) groups is 1. The van der Waals surface area contributed by atoms with Crippen molar-refractivity contribution in [3.8, 4) is 11.5 Å². The molecule has 0 aliphatic rings. The molecule has 0 fully saturated rings. The standard InChI is InChI=1S/C12H12O4S/c1-7(13)12(17-8(2)14)6-9-3-4-10(15)11(16)5-9/h3-6,15-16H,1-2H3/b12-6+. The fourth-order valence-electron chi connectivity index (χ4n) is 1.14. The zero-order valence-electron chi connectivity index (χ0n) is 9.43. The smallest absolute Gasteiger partial charge is 0.190 e. The number of ketones is 1. The van der Waals surface area contributed by atoms with Gasteiger partial charge in [-0.15, -0.1) is 0 Å². The van der Waals surface area contributed by atoms with Crippen LogP contribution in [0.25, 0.3) is 6.08 Å². The minimum absolute atomic E-state index is 0.186. The molecule has 5 heteroatoms. The molecular weight excluding hydrogens is 240 g/mol. The topological polar surface area (TPSA) is 74.6 Å². The van der Waals surface area contributed by atoms with Gasteiger partial charge in [-0.3, -0.25) is 9.59 Å². The molecule has 0 bridgehead atoms. The first-order valence-electron chi connectivity index (χ1n) is 4.83. The molecule has 1 aromatic carbocycles. The Bertz CT molecular complexity index is 491. The van der Waals surface area contributed by atoms with Crippen molar-refractivity contribution in [3.63, 3.8) is 0 Å². The van der Waals surface area contributed by atoms with E-state index in [0.717, 1.165) is 11.8 Å². The van der Waals surface area contributed by atoms with Crippen molar-refractivity contribution in [2.24, 2.45) is 0 Å². The van der Waals surface area contributed by atoms with E-state index >= 15 is 0 Å². The molecule has 0 aliphatic heterocycles. The summed E-state index contributed by atoms with van der Waals surface area (Å²) in [5, 5.41) is 18.2. The summed E-state index contributed by atoms with van der Waals surface area (Å²) >= 11 is 0.841. The summed E-state index contributed by atoms with van der Waals surface area (Å²) < 4.78 is 0. The van der Waals surface area contributed by atoms with Gasteiger partial charge in [0.2, 0.25) is 0 Å². The number of phenolic OH excluding ortho intramolecular Hbond substituents is 2. The third-order valence-electron chi connectivity index (χ3n) is 1.90. The number of benzene rings is 1.